The molecule has 0 N–H and O–H groups in total. The second-order valence-electron chi connectivity index (χ2n) is 6.40. The number of aryl methyl sites for hydroxylation is 1. The fraction of sp³-hybridized carbons (Fsp3) is 0.0870. The maximum Gasteiger partial charge on any atom is 0.416 e. The monoisotopic (exact) mass is 433 g/mol. The van der Waals surface area contributed by atoms with Crippen LogP contribution in [0.2, 0.25) is 0 Å². The molecule has 3 rings (SSSR count). The summed E-state index contributed by atoms with van der Waals surface area (Å²) in [4.78, 5) is 5.15. The van der Waals surface area contributed by atoms with E-state index in [1.165, 1.54) is 30.0 Å². The van der Waals surface area contributed by atoms with Crippen LogP contribution < -0.4 is 0 Å². The highest BCUT2D eigenvalue weighted by atomic mass is 32.2. The molecule has 0 aromatic heterocycles. The summed E-state index contributed by atoms with van der Waals surface area (Å²) in [5.74, 6) is -1.39. The lowest BCUT2D eigenvalue weighted by Gasteiger charge is -2.10. The smallest absolute Gasteiger partial charge is 0.248 e. The number of rotatable bonds is 5. The molecule has 30 heavy (non-hydrogen) atoms. The lowest BCUT2D eigenvalue weighted by atomic mass is 10.1. The van der Waals surface area contributed by atoms with E-state index in [-0.39, 0.29) is 17.1 Å². The van der Waals surface area contributed by atoms with Crippen molar-refractivity contribution in [2.45, 2.75) is 18.0 Å². The average Bonchev–Trinajstić information content (AvgIpc) is 2.69. The topological polar surface area (TPSA) is 12.4 Å². The maximum atomic E-state index is 14.5. The molecule has 0 fully saturated rings. The van der Waals surface area contributed by atoms with Gasteiger partial charge in [-0.3, -0.25) is 0 Å². The lowest BCUT2D eigenvalue weighted by molar-refractivity contribution is -0.137. The van der Waals surface area contributed by atoms with Gasteiger partial charge < -0.3 is 0 Å². The van der Waals surface area contributed by atoms with Crippen LogP contribution in [0, 0.1) is 18.6 Å². The van der Waals surface area contributed by atoms with Gasteiger partial charge in [0, 0.05) is 10.5 Å². The van der Waals surface area contributed by atoms with E-state index in [0.29, 0.717) is 11.8 Å². The van der Waals surface area contributed by atoms with Crippen molar-refractivity contribution in [2.24, 2.45) is 4.99 Å². The maximum absolute atomic E-state index is 14.5. The van der Waals surface area contributed by atoms with Gasteiger partial charge in [0.05, 0.1) is 17.0 Å². The molecular weight excluding hydrogens is 417 g/mol. The summed E-state index contributed by atoms with van der Waals surface area (Å²) in [5.41, 5.74) is 0.590. The molecule has 3 aromatic rings. The number of benzene rings is 3. The van der Waals surface area contributed by atoms with Crippen molar-refractivity contribution < 1.29 is 22.0 Å². The minimum absolute atomic E-state index is 0.0560. The molecule has 0 saturated heterocycles. The Morgan fingerprint density at radius 3 is 2.17 bits per heavy atom. The van der Waals surface area contributed by atoms with Crippen LogP contribution in [-0.4, -0.2) is 5.71 Å². The first-order valence-electron chi connectivity index (χ1n) is 8.83. The minimum Gasteiger partial charge on any atom is -0.248 e. The van der Waals surface area contributed by atoms with E-state index in [9.17, 15) is 22.0 Å². The molecule has 0 bridgehead atoms. The van der Waals surface area contributed by atoms with Crippen LogP contribution >= 0.6 is 11.8 Å². The predicted octanol–water partition coefficient (Wildman–Crippen LogP) is 7.72. The molecule has 154 valence electrons. The Kier molecular flexibility index (Phi) is 6.72. The first-order valence-corrected chi connectivity index (χ1v) is 9.71. The molecule has 0 amide bonds. The van der Waals surface area contributed by atoms with Gasteiger partial charge >= 0.3 is 6.18 Å². The number of allylic oxidation sites excluding steroid dienone is 1. The summed E-state index contributed by atoms with van der Waals surface area (Å²) in [6.45, 7) is 1.91. The van der Waals surface area contributed by atoms with Crippen LogP contribution in [0.15, 0.2) is 88.1 Å². The Labute approximate surface area is 175 Å². The summed E-state index contributed by atoms with van der Waals surface area (Å²) in [5, 5.41) is 1.62. The molecule has 0 aliphatic carbocycles. The van der Waals surface area contributed by atoms with Gasteiger partial charge in [-0.1, -0.05) is 29.5 Å². The molecule has 3 aromatic carbocycles. The van der Waals surface area contributed by atoms with Gasteiger partial charge in [-0.05, 0) is 73.0 Å². The van der Waals surface area contributed by atoms with Crippen molar-refractivity contribution in [3.8, 4) is 0 Å². The van der Waals surface area contributed by atoms with Gasteiger partial charge in [-0.15, -0.1) is 0 Å². The quantitative estimate of drug-likeness (QED) is 0.228. The Hall–Kier alpha value is -2.93. The molecule has 0 saturated carbocycles. The Morgan fingerprint density at radius 2 is 1.57 bits per heavy atom. The molecular formula is C23H16F5NS. The summed E-state index contributed by atoms with van der Waals surface area (Å²) < 4.78 is 66.1. The van der Waals surface area contributed by atoms with E-state index >= 15 is 0 Å². The van der Waals surface area contributed by atoms with Gasteiger partial charge in [0.1, 0.15) is 11.6 Å². The first kappa shape index (κ1) is 21.8. The third-order valence-corrected chi connectivity index (χ3v) is 4.92. The number of alkyl halides is 3. The zero-order chi connectivity index (χ0) is 21.7. The van der Waals surface area contributed by atoms with Gasteiger partial charge in [0.2, 0.25) is 0 Å². The zero-order valence-corrected chi connectivity index (χ0v) is 16.6. The summed E-state index contributed by atoms with van der Waals surface area (Å²) in [7, 11) is 0. The molecule has 0 spiro atoms. The summed E-state index contributed by atoms with van der Waals surface area (Å²) >= 11 is 1.25. The van der Waals surface area contributed by atoms with E-state index < -0.39 is 17.6 Å². The zero-order valence-electron chi connectivity index (χ0n) is 15.8. The number of hydrogen-bond acceptors (Lipinski definition) is 2. The highest BCUT2D eigenvalue weighted by Crippen LogP contribution is 2.31. The third kappa shape index (κ3) is 5.79. The fourth-order valence-electron chi connectivity index (χ4n) is 2.54. The van der Waals surface area contributed by atoms with Gasteiger partial charge in [0.15, 0.2) is 0 Å². The predicted molar refractivity (Wildman–Crippen MR) is 110 cm³/mol. The Balaban J connectivity index is 1.96. The molecule has 0 aliphatic heterocycles. The Bertz CT molecular complexity index is 1070. The van der Waals surface area contributed by atoms with E-state index in [4.69, 9.17) is 0 Å². The van der Waals surface area contributed by atoms with Crippen molar-refractivity contribution in [1.82, 2.24) is 0 Å². The van der Waals surface area contributed by atoms with Crippen molar-refractivity contribution in [1.29, 1.82) is 0 Å². The highest BCUT2D eigenvalue weighted by molar-refractivity contribution is 8.02. The minimum atomic E-state index is -4.64. The summed E-state index contributed by atoms with van der Waals surface area (Å²) in [6, 6.07) is 15.3. The fourth-order valence-corrected chi connectivity index (χ4v) is 3.18. The van der Waals surface area contributed by atoms with Crippen LogP contribution in [0.3, 0.4) is 0 Å². The normalized spacial score (nSPS) is 12.5. The van der Waals surface area contributed by atoms with E-state index in [1.54, 1.807) is 29.7 Å². The van der Waals surface area contributed by atoms with Crippen LogP contribution in [0.25, 0.3) is 0 Å². The van der Waals surface area contributed by atoms with Gasteiger partial charge in [0.25, 0.3) is 0 Å². The van der Waals surface area contributed by atoms with Crippen molar-refractivity contribution in [2.75, 3.05) is 0 Å². The third-order valence-electron chi connectivity index (χ3n) is 4.10. The largest absolute Gasteiger partial charge is 0.416 e. The second-order valence-corrected chi connectivity index (χ2v) is 7.38. The summed E-state index contributed by atoms with van der Waals surface area (Å²) in [6.07, 6.45) is -3.12. The SMILES string of the molecule is Cc1ccc(/N=C(/C=C/Sc2ccc(F)cc2)c2ccc(C(F)(F)F)cc2F)cc1. The van der Waals surface area contributed by atoms with Crippen molar-refractivity contribution >= 4 is 23.2 Å². The molecule has 7 heteroatoms. The van der Waals surface area contributed by atoms with Crippen LogP contribution in [0.1, 0.15) is 16.7 Å². The molecule has 1 nitrogen and oxygen atoms in total. The van der Waals surface area contributed by atoms with Crippen molar-refractivity contribution in [3.63, 3.8) is 0 Å². The number of thioether (sulfide) groups is 1. The standard InChI is InChI=1S/C23H16F5NS/c1-15-2-7-18(8-3-15)29-22(12-13-30-19-9-5-17(24)6-10-19)20-11-4-16(14-21(20)25)23(26,27)28/h2-14H,1H3/b13-12+,29-22-. The lowest BCUT2D eigenvalue weighted by Crippen LogP contribution is -2.08. The molecule has 0 unspecified atom stereocenters. The number of nitrogens with zero attached hydrogens (tertiary/aromatic N) is 1. The average molecular weight is 433 g/mol. The highest BCUT2D eigenvalue weighted by Gasteiger charge is 2.31. The molecule has 0 radical (unpaired) electrons. The van der Waals surface area contributed by atoms with Crippen LogP contribution in [-0.2, 0) is 6.18 Å². The second kappa shape index (κ2) is 9.26. The van der Waals surface area contributed by atoms with Crippen LogP contribution in [0.5, 0.6) is 0 Å². The molecule has 0 aliphatic rings. The number of halogens is 5. The Morgan fingerprint density at radius 1 is 0.900 bits per heavy atom. The van der Waals surface area contributed by atoms with E-state index in [2.05, 4.69) is 4.99 Å². The number of hydrogen-bond donors (Lipinski definition) is 0. The van der Waals surface area contributed by atoms with Gasteiger partial charge in [-0.25, -0.2) is 13.8 Å². The molecule has 0 atom stereocenters. The van der Waals surface area contributed by atoms with Crippen molar-refractivity contribution in [3.05, 3.63) is 107 Å². The molecule has 0 heterocycles. The van der Waals surface area contributed by atoms with Gasteiger partial charge in [-0.2, -0.15) is 13.2 Å². The first-order chi connectivity index (χ1) is 14.2. The van der Waals surface area contributed by atoms with E-state index in [1.807, 2.05) is 19.1 Å². The number of aliphatic imine (C=N–C) groups is 1. The van der Waals surface area contributed by atoms with Crippen LogP contribution in [0.4, 0.5) is 27.6 Å². The van der Waals surface area contributed by atoms with E-state index in [0.717, 1.165) is 22.6 Å².